The number of rotatable bonds is 4. The van der Waals surface area contributed by atoms with E-state index in [4.69, 9.17) is 9.72 Å². The first-order valence-electron chi connectivity index (χ1n) is 9.64. The van der Waals surface area contributed by atoms with Gasteiger partial charge in [-0.1, -0.05) is 12.1 Å². The van der Waals surface area contributed by atoms with Crippen LogP contribution in [0.15, 0.2) is 54.0 Å². The molecule has 1 aliphatic heterocycles. The van der Waals surface area contributed by atoms with Crippen molar-refractivity contribution in [2.45, 2.75) is 19.4 Å². The molecule has 5 rings (SSSR count). The number of thiazole rings is 1. The first-order chi connectivity index (χ1) is 14.7. The zero-order chi connectivity index (χ0) is 20.5. The summed E-state index contributed by atoms with van der Waals surface area (Å²) in [6, 6.07) is 13.7. The lowest BCUT2D eigenvalue weighted by Crippen LogP contribution is -2.30. The van der Waals surface area contributed by atoms with E-state index in [0.717, 1.165) is 45.2 Å². The predicted octanol–water partition coefficient (Wildman–Crippen LogP) is 4.46. The van der Waals surface area contributed by atoms with Gasteiger partial charge in [-0.15, -0.1) is 11.3 Å². The van der Waals surface area contributed by atoms with Crippen LogP contribution in [0.25, 0.3) is 22.3 Å². The van der Waals surface area contributed by atoms with Gasteiger partial charge in [-0.05, 0) is 30.3 Å². The zero-order valence-corrected chi connectivity index (χ0v) is 17.1. The Morgan fingerprint density at radius 1 is 1.17 bits per heavy atom. The minimum absolute atomic E-state index is 0.0460. The summed E-state index contributed by atoms with van der Waals surface area (Å²) in [6.45, 7) is 2.13. The molecular weight excluding hydrogens is 398 g/mol. The molecule has 2 N–H and O–H groups in total. The molecule has 1 atom stereocenters. The SMILES string of the molecule is CC(=O)NC1CCOc2ccc(-c3csc(Nc4cnc5ccccc5n4)n3)cc21. The molecule has 1 aliphatic rings. The Morgan fingerprint density at radius 3 is 2.90 bits per heavy atom. The third-order valence-corrected chi connectivity index (χ3v) is 5.67. The Bertz CT molecular complexity index is 1240. The van der Waals surface area contributed by atoms with Gasteiger partial charge < -0.3 is 15.4 Å². The van der Waals surface area contributed by atoms with Gasteiger partial charge in [0.25, 0.3) is 0 Å². The first kappa shape index (κ1) is 18.5. The number of anilines is 2. The fourth-order valence-corrected chi connectivity index (χ4v) is 4.27. The number of fused-ring (bicyclic) bond motifs is 2. The van der Waals surface area contributed by atoms with Crippen molar-refractivity contribution in [2.24, 2.45) is 0 Å². The van der Waals surface area contributed by atoms with Crippen LogP contribution in [0.4, 0.5) is 10.9 Å². The second kappa shape index (κ2) is 7.72. The number of hydrogen-bond donors (Lipinski definition) is 2. The number of para-hydroxylation sites is 2. The van der Waals surface area contributed by atoms with E-state index in [1.165, 1.54) is 18.3 Å². The summed E-state index contributed by atoms with van der Waals surface area (Å²) in [5.74, 6) is 1.41. The lowest BCUT2D eigenvalue weighted by atomic mass is 9.97. The van der Waals surface area contributed by atoms with E-state index in [1.807, 2.05) is 47.8 Å². The van der Waals surface area contributed by atoms with Gasteiger partial charge in [0.15, 0.2) is 10.9 Å². The van der Waals surface area contributed by atoms with Crippen molar-refractivity contribution in [1.82, 2.24) is 20.3 Å². The monoisotopic (exact) mass is 417 g/mol. The molecule has 0 spiro atoms. The van der Waals surface area contributed by atoms with Gasteiger partial charge in [0.2, 0.25) is 5.91 Å². The van der Waals surface area contributed by atoms with Crippen molar-refractivity contribution in [2.75, 3.05) is 11.9 Å². The van der Waals surface area contributed by atoms with E-state index >= 15 is 0 Å². The smallest absolute Gasteiger partial charge is 0.217 e. The largest absolute Gasteiger partial charge is 0.493 e. The third kappa shape index (κ3) is 3.69. The molecule has 0 saturated carbocycles. The Balaban J connectivity index is 1.40. The van der Waals surface area contributed by atoms with Gasteiger partial charge in [0.1, 0.15) is 5.75 Å². The molecule has 30 heavy (non-hydrogen) atoms. The van der Waals surface area contributed by atoms with E-state index in [-0.39, 0.29) is 11.9 Å². The average Bonchev–Trinajstić information content (AvgIpc) is 3.22. The number of aromatic nitrogens is 3. The highest BCUT2D eigenvalue weighted by atomic mass is 32.1. The van der Waals surface area contributed by atoms with Crippen LogP contribution in [0, 0.1) is 0 Å². The van der Waals surface area contributed by atoms with Gasteiger partial charge >= 0.3 is 0 Å². The number of carbonyl (C=O) groups is 1. The quantitative estimate of drug-likeness (QED) is 0.510. The molecule has 0 fully saturated rings. The fourth-order valence-electron chi connectivity index (χ4n) is 3.54. The molecule has 150 valence electrons. The molecule has 8 heteroatoms. The highest BCUT2D eigenvalue weighted by molar-refractivity contribution is 7.14. The Labute approximate surface area is 177 Å². The van der Waals surface area contributed by atoms with Crippen molar-refractivity contribution < 1.29 is 9.53 Å². The van der Waals surface area contributed by atoms with Gasteiger partial charge in [-0.3, -0.25) is 9.78 Å². The molecule has 2 aromatic carbocycles. The summed E-state index contributed by atoms with van der Waals surface area (Å²) in [5.41, 5.74) is 4.50. The second-order valence-electron chi connectivity index (χ2n) is 7.05. The van der Waals surface area contributed by atoms with Gasteiger partial charge in [0.05, 0.1) is 35.6 Å². The fraction of sp³-hybridized carbons (Fsp3) is 0.182. The molecule has 0 radical (unpaired) electrons. The van der Waals surface area contributed by atoms with E-state index < -0.39 is 0 Å². The molecule has 1 amide bonds. The molecule has 0 aliphatic carbocycles. The van der Waals surface area contributed by atoms with Crippen LogP contribution in [0.2, 0.25) is 0 Å². The summed E-state index contributed by atoms with van der Waals surface area (Å²) in [7, 11) is 0. The van der Waals surface area contributed by atoms with Gasteiger partial charge in [0, 0.05) is 29.9 Å². The molecule has 0 saturated heterocycles. The summed E-state index contributed by atoms with van der Waals surface area (Å²) in [6.07, 6.45) is 2.46. The van der Waals surface area contributed by atoms with Crippen LogP contribution in [-0.2, 0) is 4.79 Å². The molecule has 4 aromatic rings. The molecule has 3 heterocycles. The number of carbonyl (C=O) groups excluding carboxylic acids is 1. The summed E-state index contributed by atoms with van der Waals surface area (Å²) in [4.78, 5) is 25.3. The maximum absolute atomic E-state index is 11.6. The summed E-state index contributed by atoms with van der Waals surface area (Å²) in [5, 5.41) is 8.97. The minimum atomic E-state index is -0.0464. The third-order valence-electron chi connectivity index (χ3n) is 4.91. The van der Waals surface area contributed by atoms with E-state index in [1.54, 1.807) is 6.20 Å². The molecule has 0 bridgehead atoms. The Morgan fingerprint density at radius 2 is 2.03 bits per heavy atom. The van der Waals surface area contributed by atoms with E-state index in [9.17, 15) is 4.79 Å². The van der Waals surface area contributed by atoms with Crippen LogP contribution in [0.5, 0.6) is 5.75 Å². The Hall–Kier alpha value is -3.52. The standard InChI is InChI=1S/C22H19N5O2S/c1-13(28)24-16-8-9-29-20-7-6-14(10-15(16)20)19-12-30-22(26-19)27-21-11-23-17-4-2-3-5-18(17)25-21/h2-7,10-12,16H,8-9H2,1H3,(H,24,28)(H,25,26,27). The molecular formula is C22H19N5O2S. The molecule has 7 nitrogen and oxygen atoms in total. The van der Waals surface area contributed by atoms with Crippen molar-refractivity contribution in [3.05, 3.63) is 59.6 Å². The van der Waals surface area contributed by atoms with Crippen LogP contribution in [0.3, 0.4) is 0 Å². The van der Waals surface area contributed by atoms with E-state index in [2.05, 4.69) is 20.6 Å². The highest BCUT2D eigenvalue weighted by Crippen LogP contribution is 2.36. The zero-order valence-electron chi connectivity index (χ0n) is 16.3. The average molecular weight is 417 g/mol. The summed E-state index contributed by atoms with van der Waals surface area (Å²) < 4.78 is 5.75. The minimum Gasteiger partial charge on any atom is -0.493 e. The van der Waals surface area contributed by atoms with Crippen LogP contribution in [0.1, 0.15) is 24.9 Å². The number of nitrogens with zero attached hydrogens (tertiary/aromatic N) is 3. The van der Waals surface area contributed by atoms with Crippen LogP contribution in [-0.4, -0.2) is 27.5 Å². The molecule has 1 unspecified atom stereocenters. The normalized spacial score (nSPS) is 15.3. The number of amides is 1. The lowest BCUT2D eigenvalue weighted by molar-refractivity contribution is -0.119. The number of ether oxygens (including phenoxy) is 1. The summed E-state index contributed by atoms with van der Waals surface area (Å²) >= 11 is 1.50. The topological polar surface area (TPSA) is 89.0 Å². The maximum Gasteiger partial charge on any atom is 0.217 e. The highest BCUT2D eigenvalue weighted by Gasteiger charge is 2.23. The van der Waals surface area contributed by atoms with Crippen LogP contribution < -0.4 is 15.4 Å². The van der Waals surface area contributed by atoms with Gasteiger partial charge in [-0.25, -0.2) is 9.97 Å². The Kier molecular flexibility index (Phi) is 4.76. The number of nitrogens with one attached hydrogen (secondary N) is 2. The van der Waals surface area contributed by atoms with Gasteiger partial charge in [-0.2, -0.15) is 0 Å². The van der Waals surface area contributed by atoms with Crippen molar-refractivity contribution in [3.8, 4) is 17.0 Å². The van der Waals surface area contributed by atoms with Crippen LogP contribution >= 0.6 is 11.3 Å². The van der Waals surface area contributed by atoms with E-state index in [0.29, 0.717) is 12.4 Å². The van der Waals surface area contributed by atoms with Crippen molar-refractivity contribution in [1.29, 1.82) is 0 Å². The predicted molar refractivity (Wildman–Crippen MR) is 117 cm³/mol. The number of hydrogen-bond acceptors (Lipinski definition) is 7. The van der Waals surface area contributed by atoms with Crippen molar-refractivity contribution >= 4 is 39.2 Å². The lowest BCUT2D eigenvalue weighted by Gasteiger charge is -2.26. The number of benzene rings is 2. The first-order valence-corrected chi connectivity index (χ1v) is 10.5. The second-order valence-corrected chi connectivity index (χ2v) is 7.91. The van der Waals surface area contributed by atoms with Crippen molar-refractivity contribution in [3.63, 3.8) is 0 Å². The maximum atomic E-state index is 11.6. The molecule has 2 aromatic heterocycles.